The molecule has 48 heavy (non-hydrogen) atoms. The minimum atomic E-state index is -4.22. The van der Waals surface area contributed by atoms with Crippen molar-refractivity contribution < 1.29 is 48.5 Å². The first-order valence-electron chi connectivity index (χ1n) is 17.5. The fraction of sp³-hybridized carbons (Fsp3) is 0.667. The van der Waals surface area contributed by atoms with Gasteiger partial charge in [0.25, 0.3) is 0 Å². The van der Waals surface area contributed by atoms with Gasteiger partial charge in [0, 0.05) is 0 Å². The van der Waals surface area contributed by atoms with Gasteiger partial charge in [-0.3, -0.25) is 0 Å². The number of unbranched alkanes of at least 4 members (excludes halogenated alkanes) is 11. The van der Waals surface area contributed by atoms with Crippen LogP contribution in [0, 0.1) is 0 Å². The molecular weight excluding hydrogens is 638 g/mol. The zero-order valence-corrected chi connectivity index (χ0v) is 29.0. The quantitative estimate of drug-likeness (QED) is 0.0847. The van der Waals surface area contributed by atoms with Crippen LogP contribution in [0.4, 0.5) is 0 Å². The Hall–Kier alpha value is -1.97. The van der Waals surface area contributed by atoms with E-state index in [0.29, 0.717) is 6.42 Å². The summed E-state index contributed by atoms with van der Waals surface area (Å²) in [7, 11) is -4.22. The average Bonchev–Trinajstić information content (AvgIpc) is 3.10. The van der Waals surface area contributed by atoms with Gasteiger partial charge in [-0.2, -0.15) is 0 Å². The largest absolute Gasteiger partial charge is 0.394 e. The summed E-state index contributed by atoms with van der Waals surface area (Å²) in [6.07, 6.45) is 3.34. The molecule has 0 radical (unpaired) electrons. The topological polar surface area (TPSA) is 186 Å². The predicted octanol–water partition coefficient (Wildman–Crippen LogP) is 3.63. The highest BCUT2D eigenvalue weighted by atomic mass is 32.2. The number of sulfonamides is 1. The van der Waals surface area contributed by atoms with Crippen LogP contribution in [0.5, 0.6) is 0 Å². The Morgan fingerprint density at radius 1 is 0.750 bits per heavy atom. The molecule has 272 valence electrons. The maximum atomic E-state index is 13.5. The number of rotatable bonds is 23. The van der Waals surface area contributed by atoms with Crippen molar-refractivity contribution in [3.05, 3.63) is 54.6 Å². The van der Waals surface area contributed by atoms with Gasteiger partial charge in [0.1, 0.15) is 24.4 Å². The van der Waals surface area contributed by atoms with Crippen LogP contribution in [0.2, 0.25) is 0 Å². The first-order valence-corrected chi connectivity index (χ1v) is 19.0. The van der Waals surface area contributed by atoms with E-state index in [9.17, 15) is 39.1 Å². The van der Waals surface area contributed by atoms with Gasteiger partial charge in [0.05, 0.1) is 36.4 Å². The summed E-state index contributed by atoms with van der Waals surface area (Å²) < 4.78 is 40.3. The van der Waals surface area contributed by atoms with E-state index in [1.165, 1.54) is 63.5 Å². The van der Waals surface area contributed by atoms with Gasteiger partial charge in [0.2, 0.25) is 10.0 Å². The Balaban J connectivity index is 1.59. The molecule has 1 aliphatic heterocycles. The summed E-state index contributed by atoms with van der Waals surface area (Å²) >= 11 is 0. The number of nitrogens with one attached hydrogen (secondary N) is 1. The Labute approximate surface area is 286 Å². The molecule has 1 fully saturated rings. The van der Waals surface area contributed by atoms with Gasteiger partial charge in [0.15, 0.2) is 6.29 Å². The smallest absolute Gasteiger partial charge is 0.240 e. The molecule has 11 nitrogen and oxygen atoms in total. The third-order valence-electron chi connectivity index (χ3n) is 9.03. The van der Waals surface area contributed by atoms with Crippen molar-refractivity contribution in [3.8, 4) is 11.1 Å². The number of ether oxygens (including phenoxy) is 2. The van der Waals surface area contributed by atoms with Crippen LogP contribution in [0.3, 0.4) is 0 Å². The van der Waals surface area contributed by atoms with E-state index >= 15 is 0 Å². The second-order valence-corrected chi connectivity index (χ2v) is 14.6. The van der Waals surface area contributed by atoms with E-state index in [1.54, 1.807) is 12.1 Å². The van der Waals surface area contributed by atoms with Crippen molar-refractivity contribution in [2.75, 3.05) is 13.2 Å². The van der Waals surface area contributed by atoms with Crippen molar-refractivity contribution in [2.45, 2.75) is 144 Å². The molecule has 2 aromatic carbocycles. The Kier molecular flexibility index (Phi) is 17.9. The van der Waals surface area contributed by atoms with E-state index in [4.69, 9.17) is 9.47 Å². The van der Waals surface area contributed by atoms with Gasteiger partial charge >= 0.3 is 0 Å². The zero-order valence-electron chi connectivity index (χ0n) is 28.1. The van der Waals surface area contributed by atoms with Crippen molar-refractivity contribution in [2.24, 2.45) is 0 Å². The minimum Gasteiger partial charge on any atom is -0.394 e. The highest BCUT2D eigenvalue weighted by Gasteiger charge is 2.44. The first-order chi connectivity index (χ1) is 23.1. The van der Waals surface area contributed by atoms with E-state index in [0.717, 1.165) is 30.4 Å². The van der Waals surface area contributed by atoms with Gasteiger partial charge in [-0.15, -0.1) is 0 Å². The standard InChI is InChI=1S/C36H57NO10S/c1-2-3-4-5-6-7-8-9-10-11-12-16-19-30(39)32(40)29(25-46-36-35(43)34(42)33(41)31(24-38)47-36)37-48(44,45)28-22-20-27(21-23-28)26-17-14-13-15-18-26/h13-15,17-18,20-23,29-43H,2-12,16,19,24-25H2,1H3/t29-,30+,31+,32-,33-,34-,35+,36-/m0/s1. The summed E-state index contributed by atoms with van der Waals surface area (Å²) in [6.45, 7) is 0.996. The van der Waals surface area contributed by atoms with Crippen molar-refractivity contribution in [1.29, 1.82) is 0 Å². The lowest BCUT2D eigenvalue weighted by Crippen LogP contribution is -2.60. The normalized spacial score (nSPS) is 23.5. The summed E-state index contributed by atoms with van der Waals surface area (Å²) in [5, 5.41) is 62.2. The summed E-state index contributed by atoms with van der Waals surface area (Å²) in [6, 6.07) is 14.3. The molecule has 0 unspecified atom stereocenters. The average molecular weight is 696 g/mol. The van der Waals surface area contributed by atoms with Crippen LogP contribution in [-0.4, -0.2) is 101 Å². The maximum Gasteiger partial charge on any atom is 0.240 e. The van der Waals surface area contributed by atoms with E-state index in [-0.39, 0.29) is 11.3 Å². The first kappa shape index (κ1) is 40.5. The van der Waals surface area contributed by atoms with Crippen molar-refractivity contribution in [3.63, 3.8) is 0 Å². The molecule has 1 aliphatic rings. The molecule has 0 bridgehead atoms. The number of hydrogen-bond acceptors (Lipinski definition) is 10. The summed E-state index contributed by atoms with van der Waals surface area (Å²) in [5.41, 5.74) is 1.73. The second kappa shape index (κ2) is 21.3. The molecule has 0 spiro atoms. The molecule has 0 saturated carbocycles. The summed E-state index contributed by atoms with van der Waals surface area (Å²) in [5.74, 6) is 0. The lowest BCUT2D eigenvalue weighted by molar-refractivity contribution is -0.303. The van der Waals surface area contributed by atoms with Crippen LogP contribution >= 0.6 is 0 Å². The van der Waals surface area contributed by atoms with E-state index < -0.39 is 72.2 Å². The lowest BCUT2D eigenvalue weighted by atomic mass is 9.99. The van der Waals surface area contributed by atoms with Gasteiger partial charge in [-0.25, -0.2) is 13.1 Å². The van der Waals surface area contributed by atoms with Crippen LogP contribution in [0.25, 0.3) is 11.1 Å². The maximum absolute atomic E-state index is 13.5. The van der Waals surface area contributed by atoms with Gasteiger partial charge in [-0.05, 0) is 29.7 Å². The van der Waals surface area contributed by atoms with Crippen LogP contribution in [0.15, 0.2) is 59.5 Å². The Morgan fingerprint density at radius 2 is 1.29 bits per heavy atom. The highest BCUT2D eigenvalue weighted by Crippen LogP contribution is 2.24. The Morgan fingerprint density at radius 3 is 1.85 bits per heavy atom. The zero-order chi connectivity index (χ0) is 34.9. The third kappa shape index (κ3) is 12.7. The third-order valence-corrected chi connectivity index (χ3v) is 10.5. The molecule has 12 heteroatoms. The lowest BCUT2D eigenvalue weighted by Gasteiger charge is -2.40. The number of aliphatic hydroxyl groups is 6. The second-order valence-electron chi connectivity index (χ2n) is 12.9. The summed E-state index contributed by atoms with van der Waals surface area (Å²) in [4.78, 5) is -0.0670. The SMILES string of the molecule is CCCCCCCCCCCCCC[C@@H](O)[C@@H](O)[C@H](CO[C@H]1O[C@H](CO)[C@H](O)[C@H](O)[C@H]1O)NS(=O)(=O)c1ccc(-c2ccccc2)cc1. The number of hydrogen-bond donors (Lipinski definition) is 7. The molecule has 8 atom stereocenters. The number of benzene rings is 2. The van der Waals surface area contributed by atoms with Crippen molar-refractivity contribution in [1.82, 2.24) is 4.72 Å². The molecule has 1 saturated heterocycles. The van der Waals surface area contributed by atoms with Crippen LogP contribution in [0.1, 0.15) is 90.4 Å². The monoisotopic (exact) mass is 695 g/mol. The molecule has 0 amide bonds. The number of aliphatic hydroxyl groups excluding tert-OH is 6. The van der Waals surface area contributed by atoms with Gasteiger partial charge in [-0.1, -0.05) is 126 Å². The van der Waals surface area contributed by atoms with Crippen LogP contribution < -0.4 is 4.72 Å². The molecule has 3 rings (SSSR count). The molecule has 1 heterocycles. The molecule has 0 aromatic heterocycles. The molecular formula is C36H57NO10S. The van der Waals surface area contributed by atoms with E-state index in [1.807, 2.05) is 30.3 Å². The Bertz CT molecular complexity index is 1250. The fourth-order valence-corrected chi connectivity index (χ4v) is 7.20. The highest BCUT2D eigenvalue weighted by molar-refractivity contribution is 7.89. The minimum absolute atomic E-state index is 0.0670. The van der Waals surface area contributed by atoms with Gasteiger partial charge < -0.3 is 40.1 Å². The predicted molar refractivity (Wildman–Crippen MR) is 183 cm³/mol. The molecule has 7 N–H and O–H groups in total. The fourth-order valence-electron chi connectivity index (χ4n) is 5.96. The molecule has 2 aromatic rings. The van der Waals surface area contributed by atoms with Crippen molar-refractivity contribution >= 4 is 10.0 Å². The molecule has 0 aliphatic carbocycles. The van der Waals surface area contributed by atoms with Crippen LogP contribution in [-0.2, 0) is 19.5 Å². The van der Waals surface area contributed by atoms with E-state index in [2.05, 4.69) is 11.6 Å².